The highest BCUT2D eigenvalue weighted by atomic mass is 16.5. The number of hydrogen-bond donors (Lipinski definition) is 1. The number of likely N-dealkylation sites (tertiary alicyclic amines) is 1. The first kappa shape index (κ1) is 14.7. The van der Waals surface area contributed by atoms with Gasteiger partial charge in [-0.25, -0.2) is 0 Å². The van der Waals surface area contributed by atoms with Gasteiger partial charge in [0.15, 0.2) is 0 Å². The van der Waals surface area contributed by atoms with Crippen molar-refractivity contribution in [2.75, 3.05) is 14.2 Å². The van der Waals surface area contributed by atoms with Gasteiger partial charge in [-0.05, 0) is 12.5 Å². The topological polar surface area (TPSA) is 75.7 Å². The third-order valence-electron chi connectivity index (χ3n) is 4.59. The molecule has 2 heterocycles. The molecule has 0 radical (unpaired) electrons. The van der Waals surface area contributed by atoms with E-state index in [1.165, 1.54) is 14.2 Å². The molecule has 116 valence electrons. The van der Waals surface area contributed by atoms with Crippen molar-refractivity contribution in [2.24, 2.45) is 11.8 Å². The largest absolute Gasteiger partial charge is 0.468 e. The molecule has 2 amide bonds. The van der Waals surface area contributed by atoms with Crippen LogP contribution in [0, 0.1) is 18.8 Å². The van der Waals surface area contributed by atoms with Gasteiger partial charge >= 0.3 is 5.97 Å². The Balaban J connectivity index is 2.01. The van der Waals surface area contributed by atoms with Gasteiger partial charge in [-0.15, -0.1) is 0 Å². The van der Waals surface area contributed by atoms with Crippen molar-refractivity contribution in [3.63, 3.8) is 0 Å². The van der Waals surface area contributed by atoms with Crippen LogP contribution in [-0.4, -0.2) is 42.9 Å². The van der Waals surface area contributed by atoms with Gasteiger partial charge < -0.3 is 4.74 Å². The monoisotopic (exact) mass is 302 g/mol. The maximum absolute atomic E-state index is 12.4. The van der Waals surface area contributed by atoms with Crippen molar-refractivity contribution < 1.29 is 19.1 Å². The zero-order valence-electron chi connectivity index (χ0n) is 12.7. The number of methoxy groups -OCH3 is 1. The number of rotatable bonds is 2. The molecule has 2 saturated heterocycles. The summed E-state index contributed by atoms with van der Waals surface area (Å²) in [6.45, 7) is 1.98. The Morgan fingerprint density at radius 1 is 1.14 bits per heavy atom. The van der Waals surface area contributed by atoms with Gasteiger partial charge in [-0.3, -0.25) is 24.6 Å². The second-order valence-corrected chi connectivity index (χ2v) is 5.84. The van der Waals surface area contributed by atoms with E-state index in [-0.39, 0.29) is 17.9 Å². The molecule has 0 spiro atoms. The zero-order chi connectivity index (χ0) is 16.0. The first-order chi connectivity index (χ1) is 10.5. The van der Waals surface area contributed by atoms with Crippen molar-refractivity contribution in [1.82, 2.24) is 10.2 Å². The van der Waals surface area contributed by atoms with Crippen LogP contribution in [0.2, 0.25) is 0 Å². The number of benzene rings is 1. The maximum atomic E-state index is 12.4. The van der Waals surface area contributed by atoms with Gasteiger partial charge in [-0.1, -0.05) is 29.8 Å². The Bertz CT molecular complexity index is 640. The van der Waals surface area contributed by atoms with E-state index in [0.29, 0.717) is 0 Å². The molecular weight excluding hydrogens is 284 g/mol. The van der Waals surface area contributed by atoms with E-state index in [9.17, 15) is 14.4 Å². The third kappa shape index (κ3) is 2.02. The Kier molecular flexibility index (Phi) is 3.48. The summed E-state index contributed by atoms with van der Waals surface area (Å²) >= 11 is 0. The Labute approximate surface area is 128 Å². The molecule has 2 fully saturated rings. The molecule has 0 aliphatic carbocycles. The summed E-state index contributed by atoms with van der Waals surface area (Å²) in [6.07, 6.45) is 0. The van der Waals surface area contributed by atoms with E-state index in [2.05, 4.69) is 5.32 Å². The number of fused-ring (bicyclic) bond motifs is 1. The SMILES string of the molecule is COC(=O)[C@@H]1N[C@H](c2ccc(C)cc2)[C@@H]2C(=O)N(C)C(=O)[C@@H]21. The Morgan fingerprint density at radius 3 is 2.32 bits per heavy atom. The molecule has 1 aromatic carbocycles. The van der Waals surface area contributed by atoms with Crippen molar-refractivity contribution in [3.05, 3.63) is 35.4 Å². The normalized spacial score (nSPS) is 30.6. The number of carbonyl (C=O) groups is 3. The Morgan fingerprint density at radius 2 is 1.73 bits per heavy atom. The predicted octanol–water partition coefficient (Wildman–Crippen LogP) is 0.412. The maximum Gasteiger partial charge on any atom is 0.323 e. The summed E-state index contributed by atoms with van der Waals surface area (Å²) in [5.74, 6) is -2.35. The molecule has 6 nitrogen and oxygen atoms in total. The average Bonchev–Trinajstić information content (AvgIpc) is 3.01. The lowest BCUT2D eigenvalue weighted by Gasteiger charge is -2.19. The van der Waals surface area contributed by atoms with Crippen LogP contribution in [-0.2, 0) is 19.1 Å². The van der Waals surface area contributed by atoms with Crippen molar-refractivity contribution in [1.29, 1.82) is 0 Å². The van der Waals surface area contributed by atoms with Crippen LogP contribution in [0.3, 0.4) is 0 Å². The Hall–Kier alpha value is -2.21. The van der Waals surface area contributed by atoms with Gasteiger partial charge in [0.25, 0.3) is 0 Å². The number of amides is 2. The average molecular weight is 302 g/mol. The zero-order valence-corrected chi connectivity index (χ0v) is 12.7. The molecule has 0 saturated carbocycles. The van der Waals surface area contributed by atoms with Crippen LogP contribution in [0.5, 0.6) is 0 Å². The fourth-order valence-electron chi connectivity index (χ4n) is 3.38. The summed E-state index contributed by atoms with van der Waals surface area (Å²) < 4.78 is 4.78. The van der Waals surface area contributed by atoms with Crippen LogP contribution < -0.4 is 5.32 Å². The highest BCUT2D eigenvalue weighted by molar-refractivity contribution is 6.08. The molecule has 2 aliphatic heterocycles. The quantitative estimate of drug-likeness (QED) is 0.633. The van der Waals surface area contributed by atoms with Crippen molar-refractivity contribution >= 4 is 17.8 Å². The lowest BCUT2D eigenvalue weighted by molar-refractivity contribution is -0.147. The van der Waals surface area contributed by atoms with E-state index >= 15 is 0 Å². The number of nitrogens with zero attached hydrogens (tertiary/aromatic N) is 1. The van der Waals surface area contributed by atoms with Gasteiger partial charge in [0.1, 0.15) is 6.04 Å². The molecular formula is C16H18N2O4. The molecule has 0 unspecified atom stereocenters. The number of esters is 1. The van der Waals surface area contributed by atoms with Gasteiger partial charge in [0.05, 0.1) is 18.9 Å². The van der Waals surface area contributed by atoms with Gasteiger partial charge in [-0.2, -0.15) is 0 Å². The minimum absolute atomic E-state index is 0.250. The molecule has 1 aromatic rings. The van der Waals surface area contributed by atoms with Crippen LogP contribution in [0.15, 0.2) is 24.3 Å². The summed E-state index contributed by atoms with van der Waals surface area (Å²) in [5, 5.41) is 3.12. The number of ether oxygens (including phenoxy) is 1. The third-order valence-corrected chi connectivity index (χ3v) is 4.59. The first-order valence-electron chi connectivity index (χ1n) is 7.17. The van der Waals surface area contributed by atoms with Gasteiger partial charge in [0, 0.05) is 13.1 Å². The number of carbonyl (C=O) groups excluding carboxylic acids is 3. The lowest BCUT2D eigenvalue weighted by atomic mass is 9.86. The molecule has 4 atom stereocenters. The van der Waals surface area contributed by atoms with Crippen molar-refractivity contribution in [3.8, 4) is 0 Å². The number of aryl methyl sites for hydroxylation is 1. The lowest BCUT2D eigenvalue weighted by Crippen LogP contribution is -2.42. The van der Waals surface area contributed by atoms with E-state index in [1.807, 2.05) is 31.2 Å². The summed E-state index contributed by atoms with van der Waals surface area (Å²) in [7, 11) is 2.74. The number of nitrogens with one attached hydrogen (secondary N) is 1. The van der Waals surface area contributed by atoms with E-state index in [1.54, 1.807) is 0 Å². The van der Waals surface area contributed by atoms with Crippen LogP contribution in [0.1, 0.15) is 17.2 Å². The van der Waals surface area contributed by atoms with Crippen LogP contribution in [0.25, 0.3) is 0 Å². The first-order valence-corrected chi connectivity index (χ1v) is 7.17. The molecule has 0 aromatic heterocycles. The van der Waals surface area contributed by atoms with Crippen LogP contribution >= 0.6 is 0 Å². The molecule has 0 bridgehead atoms. The fraction of sp³-hybridized carbons (Fsp3) is 0.438. The van der Waals surface area contributed by atoms with Crippen LogP contribution in [0.4, 0.5) is 0 Å². The predicted molar refractivity (Wildman–Crippen MR) is 77.6 cm³/mol. The number of imide groups is 1. The summed E-state index contributed by atoms with van der Waals surface area (Å²) in [5.41, 5.74) is 2.00. The molecule has 22 heavy (non-hydrogen) atoms. The molecule has 1 N–H and O–H groups in total. The van der Waals surface area contributed by atoms with E-state index < -0.39 is 23.8 Å². The molecule has 2 aliphatic rings. The fourth-order valence-corrected chi connectivity index (χ4v) is 3.38. The summed E-state index contributed by atoms with van der Waals surface area (Å²) in [4.78, 5) is 37.8. The van der Waals surface area contributed by atoms with Gasteiger partial charge in [0.2, 0.25) is 11.8 Å². The van der Waals surface area contributed by atoms with E-state index in [4.69, 9.17) is 4.74 Å². The number of hydrogen-bond acceptors (Lipinski definition) is 5. The highest BCUT2D eigenvalue weighted by Gasteiger charge is 2.60. The standard InChI is InChI=1S/C16H18N2O4/c1-8-4-6-9(7-5-8)12-10-11(13(17-12)16(21)22-3)15(20)18(2)14(10)19/h4-7,10-13,17H,1-3H3/t10-,11+,12-,13-/m1/s1. The minimum Gasteiger partial charge on any atom is -0.468 e. The second-order valence-electron chi connectivity index (χ2n) is 5.84. The van der Waals surface area contributed by atoms with Crippen molar-refractivity contribution in [2.45, 2.75) is 19.0 Å². The molecule has 3 rings (SSSR count). The minimum atomic E-state index is -0.789. The highest BCUT2D eigenvalue weighted by Crippen LogP contribution is 2.43. The molecule has 6 heteroatoms. The smallest absolute Gasteiger partial charge is 0.323 e. The van der Waals surface area contributed by atoms with E-state index in [0.717, 1.165) is 16.0 Å². The second kappa shape index (κ2) is 5.21. The summed E-state index contributed by atoms with van der Waals surface area (Å²) in [6, 6.07) is 6.57.